The van der Waals surface area contributed by atoms with Crippen LogP contribution in [-0.4, -0.2) is 23.3 Å². The minimum absolute atomic E-state index is 0.133. The van der Waals surface area contributed by atoms with Crippen LogP contribution in [0.5, 0.6) is 0 Å². The van der Waals surface area contributed by atoms with E-state index in [0.29, 0.717) is 6.02 Å². The number of aliphatic imine (C=N–C) groups is 1. The molecule has 0 bridgehead atoms. The summed E-state index contributed by atoms with van der Waals surface area (Å²) in [6, 6.07) is 10.2. The molecule has 0 atom stereocenters. The number of nitrogens with one attached hydrogen (secondary N) is 1. The summed E-state index contributed by atoms with van der Waals surface area (Å²) in [4.78, 5) is 9.90. The lowest BCUT2D eigenvalue weighted by Crippen LogP contribution is -2.42. The molecule has 0 fully saturated rings. The van der Waals surface area contributed by atoms with Crippen LogP contribution in [-0.2, 0) is 4.84 Å². The molecule has 4 heteroatoms. The zero-order valence-corrected chi connectivity index (χ0v) is 13.3. The SMILES string of the molecule is CC(C)(C)/N=C(/NC(C)(C)C)O/N=C/c1ccccc1. The Labute approximate surface area is 121 Å². The van der Waals surface area contributed by atoms with Crippen LogP contribution >= 0.6 is 0 Å². The van der Waals surface area contributed by atoms with E-state index < -0.39 is 0 Å². The van der Waals surface area contributed by atoms with Crippen LogP contribution < -0.4 is 5.32 Å². The molecule has 0 heterocycles. The fourth-order valence-electron chi connectivity index (χ4n) is 1.37. The van der Waals surface area contributed by atoms with E-state index >= 15 is 0 Å². The molecule has 1 aromatic carbocycles. The Morgan fingerprint density at radius 1 is 1.05 bits per heavy atom. The highest BCUT2D eigenvalue weighted by Crippen LogP contribution is 2.09. The third kappa shape index (κ3) is 7.56. The molecule has 4 nitrogen and oxygen atoms in total. The summed E-state index contributed by atoms with van der Waals surface area (Å²) >= 11 is 0. The zero-order chi connectivity index (χ0) is 15.2. The second kappa shape index (κ2) is 6.55. The van der Waals surface area contributed by atoms with Crippen molar-refractivity contribution in [3.63, 3.8) is 0 Å². The first-order valence-corrected chi connectivity index (χ1v) is 6.79. The number of oxime groups is 1. The third-order valence-electron chi connectivity index (χ3n) is 2.06. The molecule has 0 aliphatic heterocycles. The van der Waals surface area contributed by atoms with Gasteiger partial charge in [0.15, 0.2) is 0 Å². The third-order valence-corrected chi connectivity index (χ3v) is 2.06. The molecule has 1 N–H and O–H groups in total. The normalized spacial score (nSPS) is 13.6. The van der Waals surface area contributed by atoms with Crippen molar-refractivity contribution in [1.29, 1.82) is 0 Å². The van der Waals surface area contributed by atoms with Crippen LogP contribution in [0.15, 0.2) is 40.5 Å². The molecule has 20 heavy (non-hydrogen) atoms. The van der Waals surface area contributed by atoms with Crippen molar-refractivity contribution in [3.05, 3.63) is 35.9 Å². The summed E-state index contributed by atoms with van der Waals surface area (Å²) in [5.74, 6) is 0. The second-order valence-electron chi connectivity index (χ2n) is 6.70. The van der Waals surface area contributed by atoms with E-state index in [2.05, 4.69) is 36.2 Å². The van der Waals surface area contributed by atoms with Crippen LogP contribution in [0, 0.1) is 0 Å². The Kier molecular flexibility index (Phi) is 5.31. The van der Waals surface area contributed by atoms with E-state index in [1.165, 1.54) is 0 Å². The first kappa shape index (κ1) is 16.2. The van der Waals surface area contributed by atoms with E-state index in [4.69, 9.17) is 4.84 Å². The zero-order valence-electron chi connectivity index (χ0n) is 13.3. The average Bonchev–Trinajstić information content (AvgIpc) is 2.25. The predicted molar refractivity (Wildman–Crippen MR) is 85.2 cm³/mol. The molecule has 0 amide bonds. The molecule has 0 saturated heterocycles. The van der Waals surface area contributed by atoms with E-state index in [1.807, 2.05) is 51.1 Å². The van der Waals surface area contributed by atoms with Crippen LogP contribution in [0.2, 0.25) is 0 Å². The first-order valence-electron chi connectivity index (χ1n) is 6.79. The molecule has 110 valence electrons. The number of rotatable bonds is 2. The maximum absolute atomic E-state index is 5.41. The monoisotopic (exact) mass is 275 g/mol. The number of hydrogen-bond acceptors (Lipinski definition) is 3. The van der Waals surface area contributed by atoms with Crippen molar-refractivity contribution in [2.24, 2.45) is 10.1 Å². The van der Waals surface area contributed by atoms with Gasteiger partial charge in [-0.1, -0.05) is 35.5 Å². The van der Waals surface area contributed by atoms with Gasteiger partial charge >= 0.3 is 6.02 Å². The van der Waals surface area contributed by atoms with Gasteiger partial charge in [-0.25, -0.2) is 4.99 Å². The minimum atomic E-state index is -0.226. The number of amidine groups is 1. The summed E-state index contributed by atoms with van der Waals surface area (Å²) in [6.45, 7) is 12.2. The molecule has 1 rings (SSSR count). The largest absolute Gasteiger partial charge is 0.334 e. The van der Waals surface area contributed by atoms with Crippen LogP contribution in [0.1, 0.15) is 47.1 Å². The van der Waals surface area contributed by atoms with E-state index in [-0.39, 0.29) is 11.1 Å². The molecule has 0 unspecified atom stereocenters. The fourth-order valence-corrected chi connectivity index (χ4v) is 1.37. The summed E-state index contributed by atoms with van der Waals surface area (Å²) in [6.07, 6.45) is 1.67. The van der Waals surface area contributed by atoms with Crippen molar-refractivity contribution in [2.75, 3.05) is 0 Å². The second-order valence-corrected chi connectivity index (χ2v) is 6.70. The van der Waals surface area contributed by atoms with Crippen molar-refractivity contribution >= 4 is 12.2 Å². The summed E-state index contributed by atoms with van der Waals surface area (Å²) in [7, 11) is 0. The van der Waals surface area contributed by atoms with Gasteiger partial charge in [-0.05, 0) is 47.1 Å². The van der Waals surface area contributed by atoms with Crippen molar-refractivity contribution in [2.45, 2.75) is 52.6 Å². The van der Waals surface area contributed by atoms with Crippen molar-refractivity contribution in [1.82, 2.24) is 5.32 Å². The number of hydrogen-bond donors (Lipinski definition) is 1. The maximum atomic E-state index is 5.41. The van der Waals surface area contributed by atoms with Gasteiger partial charge in [-0.2, -0.15) is 0 Å². The Bertz CT molecular complexity index is 465. The first-order chi connectivity index (χ1) is 9.16. The molecule has 0 saturated carbocycles. The lowest BCUT2D eigenvalue weighted by molar-refractivity contribution is 0.288. The van der Waals surface area contributed by atoms with Crippen LogP contribution in [0.4, 0.5) is 0 Å². The molecule has 1 aromatic rings. The van der Waals surface area contributed by atoms with E-state index in [1.54, 1.807) is 6.21 Å². The lowest BCUT2D eigenvalue weighted by Gasteiger charge is -2.23. The van der Waals surface area contributed by atoms with Gasteiger partial charge in [0.2, 0.25) is 0 Å². The van der Waals surface area contributed by atoms with Gasteiger partial charge in [-0.15, -0.1) is 0 Å². The van der Waals surface area contributed by atoms with Crippen LogP contribution in [0.25, 0.3) is 0 Å². The quantitative estimate of drug-likeness (QED) is 0.509. The topological polar surface area (TPSA) is 46.0 Å². The highest BCUT2D eigenvalue weighted by atomic mass is 16.6. The molecule has 0 radical (unpaired) electrons. The summed E-state index contributed by atoms with van der Waals surface area (Å²) in [5.41, 5.74) is 0.626. The lowest BCUT2D eigenvalue weighted by atomic mass is 10.1. The minimum Gasteiger partial charge on any atom is -0.334 e. The van der Waals surface area contributed by atoms with Gasteiger partial charge in [-0.3, -0.25) is 0 Å². The van der Waals surface area contributed by atoms with Crippen LogP contribution in [0.3, 0.4) is 0 Å². The molecular formula is C16H25N3O. The fraction of sp³-hybridized carbons (Fsp3) is 0.500. The molecule has 0 aliphatic rings. The van der Waals surface area contributed by atoms with E-state index in [0.717, 1.165) is 5.56 Å². The molecular weight excluding hydrogens is 250 g/mol. The van der Waals surface area contributed by atoms with Crippen molar-refractivity contribution in [3.8, 4) is 0 Å². The number of nitrogens with zero attached hydrogens (tertiary/aromatic N) is 2. The smallest absolute Gasteiger partial charge is 0.315 e. The van der Waals surface area contributed by atoms with Crippen molar-refractivity contribution < 1.29 is 4.84 Å². The molecule has 0 aliphatic carbocycles. The van der Waals surface area contributed by atoms with Gasteiger partial charge in [0, 0.05) is 5.54 Å². The molecule has 0 aromatic heterocycles. The Morgan fingerprint density at radius 2 is 1.65 bits per heavy atom. The average molecular weight is 275 g/mol. The standard InChI is InChI=1S/C16H25N3O/c1-15(2,3)18-14(19-16(4,5)6)20-17-12-13-10-8-7-9-11-13/h7-12H,1-6H3,(H,18,19)/b17-12+. The summed E-state index contributed by atoms with van der Waals surface area (Å²) in [5, 5.41) is 7.21. The Morgan fingerprint density at radius 3 is 2.15 bits per heavy atom. The van der Waals surface area contributed by atoms with E-state index in [9.17, 15) is 0 Å². The predicted octanol–water partition coefficient (Wildman–Crippen LogP) is 3.58. The van der Waals surface area contributed by atoms with Gasteiger partial charge in [0.05, 0.1) is 11.8 Å². The molecule has 0 spiro atoms. The van der Waals surface area contributed by atoms with Gasteiger partial charge < -0.3 is 10.2 Å². The van der Waals surface area contributed by atoms with Gasteiger partial charge in [0.1, 0.15) is 0 Å². The van der Waals surface area contributed by atoms with Gasteiger partial charge in [0.25, 0.3) is 0 Å². The highest BCUT2D eigenvalue weighted by Gasteiger charge is 2.17. The number of benzene rings is 1. The Balaban J connectivity index is 2.76. The maximum Gasteiger partial charge on any atom is 0.315 e. The highest BCUT2D eigenvalue weighted by molar-refractivity contribution is 5.80. The Hall–Kier alpha value is -1.84. The summed E-state index contributed by atoms with van der Waals surface area (Å²) < 4.78 is 0.